The highest BCUT2D eigenvalue weighted by Gasteiger charge is 2.65. The van der Waals surface area contributed by atoms with Gasteiger partial charge in [-0.2, -0.15) is 0 Å². The molecular formula is C10H15N3O2S. The quantitative estimate of drug-likeness (QED) is 0.652. The summed E-state index contributed by atoms with van der Waals surface area (Å²) in [6.07, 6.45) is 1.30. The summed E-state index contributed by atoms with van der Waals surface area (Å²) < 4.78 is 0. The number of nitro groups is 1. The van der Waals surface area contributed by atoms with Crippen LogP contribution in [0.15, 0.2) is 6.20 Å². The van der Waals surface area contributed by atoms with Crippen LogP contribution in [-0.2, 0) is 0 Å². The first-order chi connectivity index (χ1) is 7.26. The molecule has 5 nitrogen and oxygen atoms in total. The van der Waals surface area contributed by atoms with Crippen LogP contribution in [0.5, 0.6) is 0 Å². The molecule has 1 aromatic heterocycles. The van der Waals surface area contributed by atoms with Gasteiger partial charge >= 0.3 is 5.00 Å². The third-order valence-electron chi connectivity index (χ3n) is 3.96. The van der Waals surface area contributed by atoms with Crippen LogP contribution in [0.1, 0.15) is 27.7 Å². The van der Waals surface area contributed by atoms with Crippen LogP contribution < -0.4 is 5.32 Å². The first-order valence-corrected chi connectivity index (χ1v) is 5.95. The molecule has 1 fully saturated rings. The van der Waals surface area contributed by atoms with Crippen LogP contribution in [0.4, 0.5) is 10.1 Å². The molecule has 0 unspecified atom stereocenters. The van der Waals surface area contributed by atoms with Gasteiger partial charge in [0.1, 0.15) is 6.20 Å². The first-order valence-electron chi connectivity index (χ1n) is 5.13. The molecule has 0 aliphatic heterocycles. The van der Waals surface area contributed by atoms with Gasteiger partial charge in [0.15, 0.2) is 5.13 Å². The second-order valence-electron chi connectivity index (χ2n) is 5.28. The molecule has 1 N–H and O–H groups in total. The molecule has 0 spiro atoms. The zero-order valence-electron chi connectivity index (χ0n) is 9.77. The number of nitrogens with zero attached hydrogens (tertiary/aromatic N) is 2. The maximum atomic E-state index is 10.5. The molecule has 0 amide bonds. The van der Waals surface area contributed by atoms with Crippen molar-refractivity contribution in [2.75, 3.05) is 5.32 Å². The Kier molecular flexibility index (Phi) is 2.24. The zero-order chi connectivity index (χ0) is 12.1. The van der Waals surface area contributed by atoms with Crippen molar-refractivity contribution in [3.8, 4) is 0 Å². The average Bonchev–Trinajstić information content (AvgIpc) is 2.60. The van der Waals surface area contributed by atoms with E-state index in [1.807, 2.05) is 0 Å². The van der Waals surface area contributed by atoms with Gasteiger partial charge < -0.3 is 5.32 Å². The minimum Gasteiger partial charge on any atom is -0.357 e. The summed E-state index contributed by atoms with van der Waals surface area (Å²) in [7, 11) is 0. The minimum absolute atomic E-state index is 0.0822. The summed E-state index contributed by atoms with van der Waals surface area (Å²) in [5.74, 6) is 0. The molecule has 1 aliphatic rings. The molecule has 0 radical (unpaired) electrons. The standard InChI is InChI=1S/C10H15N3O2S/c1-9(2)7(10(9,3)4)12-8-11-5-6(16-8)13(14)15/h5,7H,1-4H3,(H,11,12). The molecule has 16 heavy (non-hydrogen) atoms. The van der Waals surface area contributed by atoms with Crippen LogP contribution in [0.2, 0.25) is 0 Å². The van der Waals surface area contributed by atoms with E-state index in [-0.39, 0.29) is 15.8 Å². The van der Waals surface area contributed by atoms with Crippen molar-refractivity contribution in [1.82, 2.24) is 4.98 Å². The van der Waals surface area contributed by atoms with Crippen LogP contribution in [0.3, 0.4) is 0 Å². The van der Waals surface area contributed by atoms with Gasteiger partial charge in [-0.1, -0.05) is 27.7 Å². The van der Waals surface area contributed by atoms with Gasteiger partial charge in [0.2, 0.25) is 0 Å². The first kappa shape index (κ1) is 11.3. The normalized spacial score (nSPS) is 21.8. The molecular weight excluding hydrogens is 226 g/mol. The summed E-state index contributed by atoms with van der Waals surface area (Å²) in [6, 6.07) is 0.325. The average molecular weight is 241 g/mol. The third kappa shape index (κ3) is 1.48. The van der Waals surface area contributed by atoms with Crippen molar-refractivity contribution >= 4 is 21.5 Å². The smallest absolute Gasteiger partial charge is 0.345 e. The lowest BCUT2D eigenvalue weighted by molar-refractivity contribution is -0.380. The van der Waals surface area contributed by atoms with Crippen LogP contribution in [0.25, 0.3) is 0 Å². The number of rotatable bonds is 3. The van der Waals surface area contributed by atoms with Crippen LogP contribution >= 0.6 is 11.3 Å². The van der Waals surface area contributed by atoms with Crippen molar-refractivity contribution < 1.29 is 4.92 Å². The highest BCUT2D eigenvalue weighted by molar-refractivity contribution is 7.18. The highest BCUT2D eigenvalue weighted by atomic mass is 32.1. The van der Waals surface area contributed by atoms with E-state index < -0.39 is 4.92 Å². The molecule has 0 aromatic carbocycles. The number of hydrogen-bond acceptors (Lipinski definition) is 5. The fourth-order valence-corrected chi connectivity index (χ4v) is 2.76. The second-order valence-corrected chi connectivity index (χ2v) is 6.29. The summed E-state index contributed by atoms with van der Waals surface area (Å²) in [4.78, 5) is 14.1. The Hall–Kier alpha value is -1.17. The molecule has 1 aromatic rings. The second kappa shape index (κ2) is 3.16. The van der Waals surface area contributed by atoms with E-state index >= 15 is 0 Å². The number of anilines is 1. The SMILES string of the molecule is CC1(C)C(Nc2ncc([N+](=O)[O-])s2)C1(C)C. The van der Waals surface area contributed by atoms with Gasteiger partial charge in [0.25, 0.3) is 0 Å². The number of nitrogens with one attached hydrogen (secondary N) is 1. The summed E-state index contributed by atoms with van der Waals surface area (Å²) in [5, 5.41) is 14.5. The fourth-order valence-electron chi connectivity index (χ4n) is 2.10. The summed E-state index contributed by atoms with van der Waals surface area (Å²) >= 11 is 1.09. The highest BCUT2D eigenvalue weighted by Crippen LogP contribution is 2.63. The predicted octanol–water partition coefficient (Wildman–Crippen LogP) is 2.90. The number of aromatic nitrogens is 1. The van der Waals surface area contributed by atoms with Crippen molar-refractivity contribution in [3.05, 3.63) is 16.3 Å². The monoisotopic (exact) mass is 241 g/mol. The molecule has 88 valence electrons. The van der Waals surface area contributed by atoms with Crippen molar-refractivity contribution in [3.63, 3.8) is 0 Å². The van der Waals surface area contributed by atoms with E-state index in [0.29, 0.717) is 11.2 Å². The number of thiazole rings is 1. The molecule has 0 bridgehead atoms. The summed E-state index contributed by atoms with van der Waals surface area (Å²) in [5.41, 5.74) is 0.404. The van der Waals surface area contributed by atoms with E-state index in [4.69, 9.17) is 0 Å². The molecule has 1 saturated carbocycles. The fraction of sp³-hybridized carbons (Fsp3) is 0.700. The number of hydrogen-bond donors (Lipinski definition) is 1. The topological polar surface area (TPSA) is 68.1 Å². The predicted molar refractivity (Wildman–Crippen MR) is 63.7 cm³/mol. The van der Waals surface area contributed by atoms with Crippen LogP contribution in [0, 0.1) is 20.9 Å². The Morgan fingerprint density at radius 2 is 2.00 bits per heavy atom. The van der Waals surface area contributed by atoms with Gasteiger partial charge in [0.05, 0.1) is 4.92 Å². The molecule has 6 heteroatoms. The lowest BCUT2D eigenvalue weighted by Gasteiger charge is -2.02. The Morgan fingerprint density at radius 3 is 2.38 bits per heavy atom. The van der Waals surface area contributed by atoms with E-state index in [2.05, 4.69) is 38.0 Å². The van der Waals surface area contributed by atoms with Gasteiger partial charge in [-0.05, 0) is 22.2 Å². The molecule has 1 heterocycles. The molecule has 2 rings (SSSR count). The minimum atomic E-state index is -0.411. The summed E-state index contributed by atoms with van der Waals surface area (Å²) in [6.45, 7) is 8.75. The largest absolute Gasteiger partial charge is 0.357 e. The van der Waals surface area contributed by atoms with Crippen molar-refractivity contribution in [2.24, 2.45) is 10.8 Å². The molecule has 0 saturated heterocycles. The van der Waals surface area contributed by atoms with E-state index in [9.17, 15) is 10.1 Å². The molecule has 0 atom stereocenters. The van der Waals surface area contributed by atoms with Gasteiger partial charge in [-0.25, -0.2) is 4.98 Å². The van der Waals surface area contributed by atoms with E-state index in [1.165, 1.54) is 6.20 Å². The van der Waals surface area contributed by atoms with Crippen molar-refractivity contribution in [2.45, 2.75) is 33.7 Å². The van der Waals surface area contributed by atoms with Gasteiger partial charge in [0, 0.05) is 6.04 Å². The zero-order valence-corrected chi connectivity index (χ0v) is 10.6. The maximum Gasteiger partial charge on any atom is 0.345 e. The van der Waals surface area contributed by atoms with Crippen LogP contribution in [-0.4, -0.2) is 15.9 Å². The lowest BCUT2D eigenvalue weighted by atomic mass is 10.0. The van der Waals surface area contributed by atoms with Crippen molar-refractivity contribution in [1.29, 1.82) is 0 Å². The van der Waals surface area contributed by atoms with E-state index in [0.717, 1.165) is 11.3 Å². The van der Waals surface area contributed by atoms with E-state index in [1.54, 1.807) is 0 Å². The Bertz CT molecular complexity index is 425. The Labute approximate surface area is 98.0 Å². The van der Waals surface area contributed by atoms with Gasteiger partial charge in [-0.3, -0.25) is 10.1 Å². The Morgan fingerprint density at radius 1 is 1.44 bits per heavy atom. The third-order valence-corrected chi connectivity index (χ3v) is 4.84. The lowest BCUT2D eigenvalue weighted by Crippen LogP contribution is -2.09. The Balaban J connectivity index is 2.09. The van der Waals surface area contributed by atoms with Gasteiger partial charge in [-0.15, -0.1) is 0 Å². The molecule has 1 aliphatic carbocycles. The maximum absolute atomic E-state index is 10.5.